The summed E-state index contributed by atoms with van der Waals surface area (Å²) in [5, 5.41) is 0.228. The Hall–Kier alpha value is -3.31. The number of methoxy groups -OCH3 is 4. The zero-order valence-electron chi connectivity index (χ0n) is 18.9. The second kappa shape index (κ2) is 12.1. The highest BCUT2D eigenvalue weighted by molar-refractivity contribution is 5.89. The molecule has 3 aromatic rings. The van der Waals surface area contributed by atoms with Crippen LogP contribution in [0, 0.1) is 0 Å². The molecule has 0 amide bonds. The molecule has 0 aliphatic rings. The molecule has 0 saturated carbocycles. The van der Waals surface area contributed by atoms with Gasteiger partial charge in [-0.2, -0.15) is 0 Å². The highest BCUT2D eigenvalue weighted by Gasteiger charge is 2.19. The van der Waals surface area contributed by atoms with Crippen LogP contribution in [-0.4, -0.2) is 55.6 Å². The maximum Gasteiger partial charge on any atom is 0.204 e. The topological polar surface area (TPSA) is 104 Å². The zero-order valence-corrected chi connectivity index (χ0v) is 18.9. The highest BCUT2D eigenvalue weighted by Crippen LogP contribution is 2.35. The van der Waals surface area contributed by atoms with Gasteiger partial charge >= 0.3 is 0 Å². The van der Waals surface area contributed by atoms with Crippen molar-refractivity contribution >= 4 is 11.0 Å². The van der Waals surface area contributed by atoms with Crippen LogP contribution in [0.15, 0.2) is 45.8 Å². The Bertz CT molecular complexity index is 1110. The van der Waals surface area contributed by atoms with Crippen molar-refractivity contribution in [3.05, 3.63) is 46.8 Å². The van der Waals surface area contributed by atoms with Gasteiger partial charge in [-0.25, -0.2) is 0 Å². The van der Waals surface area contributed by atoms with Gasteiger partial charge in [-0.15, -0.1) is 0 Å². The number of ether oxygens (including phenoxy) is 8. The molecule has 0 fully saturated rings. The van der Waals surface area contributed by atoms with Gasteiger partial charge in [-0.1, -0.05) is 0 Å². The number of rotatable bonds is 13. The van der Waals surface area contributed by atoms with Crippen molar-refractivity contribution in [3.8, 4) is 34.1 Å². The third kappa shape index (κ3) is 5.93. The molecule has 0 N–H and O–H groups in total. The highest BCUT2D eigenvalue weighted by atomic mass is 16.7. The van der Waals surface area contributed by atoms with Crippen LogP contribution in [0.1, 0.15) is 0 Å². The van der Waals surface area contributed by atoms with E-state index in [4.69, 9.17) is 42.3 Å². The summed E-state index contributed by atoms with van der Waals surface area (Å²) in [7, 11) is 6.00. The largest absolute Gasteiger partial charge is 0.467 e. The molecule has 0 saturated heterocycles. The van der Waals surface area contributed by atoms with Crippen molar-refractivity contribution in [3.63, 3.8) is 0 Å². The van der Waals surface area contributed by atoms with E-state index in [2.05, 4.69) is 0 Å². The molecule has 0 radical (unpaired) electrons. The van der Waals surface area contributed by atoms with Gasteiger partial charge in [0, 0.05) is 52.2 Å². The fourth-order valence-corrected chi connectivity index (χ4v) is 3.01. The summed E-state index contributed by atoms with van der Waals surface area (Å²) in [5.74, 6) is 1.53. The van der Waals surface area contributed by atoms with Gasteiger partial charge < -0.3 is 42.3 Å². The molecule has 3 rings (SSSR count). The summed E-state index contributed by atoms with van der Waals surface area (Å²) in [6, 6.07) is 8.19. The molecule has 0 bridgehead atoms. The second-order valence-electron chi connectivity index (χ2n) is 6.63. The van der Waals surface area contributed by atoms with Crippen LogP contribution in [0.2, 0.25) is 0 Å². The van der Waals surface area contributed by atoms with Gasteiger partial charge in [0.1, 0.15) is 40.2 Å². The molecule has 0 atom stereocenters. The maximum absolute atomic E-state index is 13.5. The molecule has 0 aliphatic heterocycles. The predicted molar refractivity (Wildman–Crippen MR) is 118 cm³/mol. The van der Waals surface area contributed by atoms with Crippen LogP contribution in [-0.2, 0) is 18.9 Å². The van der Waals surface area contributed by atoms with Crippen LogP contribution in [0.4, 0.5) is 0 Å². The van der Waals surface area contributed by atoms with Crippen molar-refractivity contribution < 1.29 is 42.3 Å². The number of hydrogen-bond donors (Lipinski definition) is 0. The van der Waals surface area contributed by atoms with Crippen LogP contribution in [0.3, 0.4) is 0 Å². The van der Waals surface area contributed by atoms with E-state index in [0.717, 1.165) is 0 Å². The second-order valence-corrected chi connectivity index (χ2v) is 6.63. The molecule has 0 aliphatic carbocycles. The molecule has 0 spiro atoms. The zero-order chi connectivity index (χ0) is 23.6. The molecular formula is C23H26O10. The van der Waals surface area contributed by atoms with E-state index in [0.29, 0.717) is 22.8 Å². The Balaban J connectivity index is 2.13. The van der Waals surface area contributed by atoms with E-state index >= 15 is 0 Å². The molecule has 1 aromatic heterocycles. The maximum atomic E-state index is 13.5. The number of hydrogen-bond acceptors (Lipinski definition) is 10. The Morgan fingerprint density at radius 3 is 1.91 bits per heavy atom. The van der Waals surface area contributed by atoms with Gasteiger partial charge in [0.2, 0.25) is 5.43 Å². The summed E-state index contributed by atoms with van der Waals surface area (Å²) < 4.78 is 48.0. The fraction of sp³-hybridized carbons (Fsp3) is 0.348. The van der Waals surface area contributed by atoms with Crippen LogP contribution in [0.5, 0.6) is 23.0 Å². The molecule has 0 unspecified atom stereocenters. The van der Waals surface area contributed by atoms with E-state index in [1.165, 1.54) is 34.7 Å². The Labute approximate surface area is 190 Å². The molecule has 10 heteroatoms. The minimum absolute atomic E-state index is 0.0230. The minimum Gasteiger partial charge on any atom is -0.467 e. The first-order valence-corrected chi connectivity index (χ1v) is 9.83. The van der Waals surface area contributed by atoms with Gasteiger partial charge in [0.15, 0.2) is 27.2 Å². The van der Waals surface area contributed by atoms with E-state index < -0.39 is 0 Å². The Morgan fingerprint density at radius 2 is 1.24 bits per heavy atom. The summed E-state index contributed by atoms with van der Waals surface area (Å²) in [5.41, 5.74) is 0.709. The van der Waals surface area contributed by atoms with E-state index in [1.54, 1.807) is 30.3 Å². The molecular weight excluding hydrogens is 436 g/mol. The van der Waals surface area contributed by atoms with Crippen molar-refractivity contribution in [1.82, 2.24) is 0 Å². The van der Waals surface area contributed by atoms with Crippen molar-refractivity contribution in [2.24, 2.45) is 0 Å². The third-order valence-electron chi connectivity index (χ3n) is 4.41. The quantitative estimate of drug-likeness (QED) is 0.351. The molecule has 10 nitrogen and oxygen atoms in total. The summed E-state index contributed by atoms with van der Waals surface area (Å²) in [4.78, 5) is 13.5. The smallest absolute Gasteiger partial charge is 0.204 e. The average Bonchev–Trinajstić information content (AvgIpc) is 2.83. The summed E-state index contributed by atoms with van der Waals surface area (Å²) in [6.07, 6.45) is 1.36. The SMILES string of the molecule is COCOc1ccc(-c2coc3cc(OCOC)cc(OCOC)c3c2=O)c(OCOC)c1. The normalized spacial score (nSPS) is 10.9. The first-order chi connectivity index (χ1) is 16.1. The van der Waals surface area contributed by atoms with Gasteiger partial charge in [-0.3, -0.25) is 4.79 Å². The van der Waals surface area contributed by atoms with E-state index in [1.807, 2.05) is 0 Å². The molecule has 1 heterocycles. The summed E-state index contributed by atoms with van der Waals surface area (Å²) >= 11 is 0. The van der Waals surface area contributed by atoms with Crippen LogP contribution >= 0.6 is 0 Å². The first-order valence-electron chi connectivity index (χ1n) is 9.83. The Morgan fingerprint density at radius 1 is 0.667 bits per heavy atom. The van der Waals surface area contributed by atoms with Crippen molar-refractivity contribution in [1.29, 1.82) is 0 Å². The van der Waals surface area contributed by atoms with Gasteiger partial charge in [0.05, 0.1) is 5.56 Å². The standard InChI is InChI=1S/C23H26O10/c1-25-11-30-15-5-6-17(19(7-15)32-13-27-3)18-10-29-20-8-16(31-12-26-2)9-21(33-14-28-4)22(20)23(18)24/h5-10H,11-14H2,1-4H3. The molecule has 178 valence electrons. The Kier molecular flexibility index (Phi) is 8.90. The molecule has 2 aromatic carbocycles. The van der Waals surface area contributed by atoms with Crippen molar-refractivity contribution in [2.75, 3.05) is 55.6 Å². The van der Waals surface area contributed by atoms with E-state index in [9.17, 15) is 4.79 Å². The lowest BCUT2D eigenvalue weighted by Gasteiger charge is -2.14. The molecule has 33 heavy (non-hydrogen) atoms. The van der Waals surface area contributed by atoms with Gasteiger partial charge in [-0.05, 0) is 12.1 Å². The first kappa shape index (κ1) is 24.3. The monoisotopic (exact) mass is 462 g/mol. The van der Waals surface area contributed by atoms with Crippen LogP contribution < -0.4 is 24.4 Å². The fourth-order valence-electron chi connectivity index (χ4n) is 3.01. The lowest BCUT2D eigenvalue weighted by atomic mass is 10.0. The number of benzene rings is 2. The van der Waals surface area contributed by atoms with E-state index in [-0.39, 0.29) is 54.9 Å². The lowest BCUT2D eigenvalue weighted by molar-refractivity contribution is 0.0460. The van der Waals surface area contributed by atoms with Crippen LogP contribution in [0.25, 0.3) is 22.1 Å². The van der Waals surface area contributed by atoms with Crippen molar-refractivity contribution in [2.45, 2.75) is 0 Å². The predicted octanol–water partition coefficient (Wildman–Crippen LogP) is 3.39. The number of fused-ring (bicyclic) bond motifs is 1. The average molecular weight is 462 g/mol. The van der Waals surface area contributed by atoms with Gasteiger partial charge in [0.25, 0.3) is 0 Å². The lowest BCUT2D eigenvalue weighted by Crippen LogP contribution is -2.10. The summed E-state index contributed by atoms with van der Waals surface area (Å²) in [6.45, 7) is -0.00758. The third-order valence-corrected chi connectivity index (χ3v) is 4.41. The minimum atomic E-state index is -0.325.